The minimum absolute atomic E-state index is 0.00307. The van der Waals surface area contributed by atoms with Crippen LogP contribution in [0.4, 0.5) is 5.69 Å². The van der Waals surface area contributed by atoms with Crippen molar-refractivity contribution in [3.63, 3.8) is 0 Å². The van der Waals surface area contributed by atoms with E-state index < -0.39 is 11.5 Å². The van der Waals surface area contributed by atoms with E-state index in [1.54, 1.807) is 4.90 Å². The summed E-state index contributed by atoms with van der Waals surface area (Å²) in [4.78, 5) is 31.9. The van der Waals surface area contributed by atoms with Gasteiger partial charge in [0, 0.05) is 36.4 Å². The van der Waals surface area contributed by atoms with E-state index in [2.05, 4.69) is 15.9 Å². The summed E-state index contributed by atoms with van der Waals surface area (Å²) in [5.74, 6) is 1.34. The van der Waals surface area contributed by atoms with Crippen LogP contribution in [0, 0.1) is 6.92 Å². The van der Waals surface area contributed by atoms with Gasteiger partial charge in [0.25, 0.3) is 5.91 Å². The largest absolute Gasteiger partial charge is 0.493 e. The van der Waals surface area contributed by atoms with Gasteiger partial charge < -0.3 is 24.0 Å². The maximum absolute atomic E-state index is 13.7. The number of hydrogen-bond donors (Lipinski definition) is 0. The second-order valence-electron chi connectivity index (χ2n) is 9.33. The van der Waals surface area contributed by atoms with Crippen LogP contribution in [0.5, 0.6) is 11.5 Å². The van der Waals surface area contributed by atoms with Crippen LogP contribution in [0.3, 0.4) is 0 Å². The lowest BCUT2D eigenvalue weighted by atomic mass is 9.85. The molecule has 0 radical (unpaired) electrons. The smallest absolute Gasteiger partial charge is 0.325 e. The number of rotatable bonds is 9. The van der Waals surface area contributed by atoms with Crippen molar-refractivity contribution in [1.82, 2.24) is 9.80 Å². The highest BCUT2D eigenvalue weighted by Gasteiger charge is 2.54. The van der Waals surface area contributed by atoms with E-state index >= 15 is 0 Å². The molecule has 2 aromatic rings. The summed E-state index contributed by atoms with van der Waals surface area (Å²) in [5, 5.41) is 0. The number of benzene rings is 2. The van der Waals surface area contributed by atoms with Gasteiger partial charge in [0.1, 0.15) is 23.6 Å². The van der Waals surface area contributed by atoms with Crippen LogP contribution in [0.15, 0.2) is 42.5 Å². The molecule has 0 unspecified atom stereocenters. The van der Waals surface area contributed by atoms with Gasteiger partial charge in [-0.05, 0) is 51.8 Å². The zero-order valence-electron chi connectivity index (χ0n) is 21.8. The summed E-state index contributed by atoms with van der Waals surface area (Å²) < 4.78 is 16.6. The lowest BCUT2D eigenvalue weighted by Crippen LogP contribution is -2.56. The van der Waals surface area contributed by atoms with Gasteiger partial charge in [-0.15, -0.1) is 0 Å². The predicted molar refractivity (Wildman–Crippen MR) is 138 cm³/mol. The number of hydrogen-bond acceptors (Lipinski definition) is 7. The molecule has 2 aliphatic heterocycles. The molecule has 0 bridgehead atoms. The number of carbonyl (C=O) groups is 2. The molecule has 1 amide bonds. The number of amides is 1. The monoisotopic (exact) mass is 495 g/mol. The van der Waals surface area contributed by atoms with E-state index in [9.17, 15) is 9.59 Å². The van der Waals surface area contributed by atoms with Crippen molar-refractivity contribution in [2.75, 3.05) is 51.5 Å². The fourth-order valence-electron chi connectivity index (χ4n) is 5.38. The maximum atomic E-state index is 13.7. The van der Waals surface area contributed by atoms with Crippen molar-refractivity contribution in [2.24, 2.45) is 0 Å². The lowest BCUT2D eigenvalue weighted by molar-refractivity contribution is -0.146. The number of piperidine rings is 1. The Balaban J connectivity index is 1.54. The molecule has 2 aliphatic rings. The summed E-state index contributed by atoms with van der Waals surface area (Å²) in [7, 11) is 1.35. The van der Waals surface area contributed by atoms with Crippen LogP contribution in [0.25, 0.3) is 0 Å². The molecule has 2 saturated heterocycles. The van der Waals surface area contributed by atoms with Gasteiger partial charge in [-0.1, -0.05) is 24.3 Å². The van der Waals surface area contributed by atoms with E-state index in [1.807, 2.05) is 57.2 Å². The van der Waals surface area contributed by atoms with E-state index in [0.717, 1.165) is 47.9 Å². The molecule has 1 spiro atoms. The van der Waals surface area contributed by atoms with Crippen LogP contribution in [0.1, 0.15) is 37.8 Å². The average molecular weight is 496 g/mol. The van der Waals surface area contributed by atoms with Gasteiger partial charge in [0.15, 0.2) is 0 Å². The highest BCUT2D eigenvalue weighted by atomic mass is 16.5. The quantitative estimate of drug-likeness (QED) is 0.492. The first kappa shape index (κ1) is 25.8. The van der Waals surface area contributed by atoms with Crippen LogP contribution < -0.4 is 14.4 Å². The number of para-hydroxylation sites is 1. The Morgan fingerprint density at radius 3 is 2.33 bits per heavy atom. The molecular weight excluding hydrogens is 458 g/mol. The Morgan fingerprint density at radius 2 is 1.69 bits per heavy atom. The van der Waals surface area contributed by atoms with Gasteiger partial charge >= 0.3 is 5.97 Å². The fourth-order valence-corrected chi connectivity index (χ4v) is 5.38. The van der Waals surface area contributed by atoms with Crippen molar-refractivity contribution in [1.29, 1.82) is 0 Å². The normalized spacial score (nSPS) is 17.5. The van der Waals surface area contributed by atoms with Gasteiger partial charge in [0.2, 0.25) is 0 Å². The Bertz CT molecular complexity index is 1070. The first-order chi connectivity index (χ1) is 17.4. The summed E-state index contributed by atoms with van der Waals surface area (Å²) >= 11 is 0. The topological polar surface area (TPSA) is 71.5 Å². The Hall–Kier alpha value is -3.26. The standard InChI is InChI=1S/C28H37N3O5/c1-5-35-24-13-12-22(26(21(24)3)36-6-2)18-29-16-14-28(15-17-29)27(33)30(19-25(32)34-4)20-31(28)23-10-8-7-9-11-23/h7-13H,5-6,14-20H2,1-4H3. The third-order valence-corrected chi connectivity index (χ3v) is 7.23. The Labute approximate surface area is 213 Å². The summed E-state index contributed by atoms with van der Waals surface area (Å²) in [6.07, 6.45) is 1.36. The molecule has 0 aliphatic carbocycles. The Morgan fingerprint density at radius 1 is 1.00 bits per heavy atom. The average Bonchev–Trinajstić information content (AvgIpc) is 3.15. The molecule has 0 aromatic heterocycles. The van der Waals surface area contributed by atoms with Crippen molar-refractivity contribution in [2.45, 2.75) is 45.7 Å². The zero-order valence-corrected chi connectivity index (χ0v) is 21.8. The van der Waals surface area contributed by atoms with Crippen LogP contribution >= 0.6 is 0 Å². The molecule has 0 N–H and O–H groups in total. The number of esters is 1. The highest BCUT2D eigenvalue weighted by molar-refractivity contribution is 5.95. The molecule has 36 heavy (non-hydrogen) atoms. The van der Waals surface area contributed by atoms with Gasteiger partial charge in [-0.2, -0.15) is 0 Å². The minimum atomic E-state index is -0.663. The van der Waals surface area contributed by atoms with Crippen LogP contribution in [0.2, 0.25) is 0 Å². The molecule has 0 atom stereocenters. The van der Waals surface area contributed by atoms with E-state index in [-0.39, 0.29) is 12.5 Å². The predicted octanol–water partition coefficient (Wildman–Crippen LogP) is 3.61. The van der Waals surface area contributed by atoms with Gasteiger partial charge in [0.05, 0.1) is 27.0 Å². The first-order valence-electron chi connectivity index (χ1n) is 12.7. The number of anilines is 1. The van der Waals surface area contributed by atoms with Crippen LogP contribution in [-0.4, -0.2) is 73.8 Å². The molecule has 8 heteroatoms. The van der Waals surface area contributed by atoms with Gasteiger partial charge in [-0.3, -0.25) is 14.5 Å². The number of carbonyl (C=O) groups excluding carboxylic acids is 2. The second kappa shape index (κ2) is 11.2. The van der Waals surface area contributed by atoms with E-state index in [4.69, 9.17) is 14.2 Å². The van der Waals surface area contributed by atoms with Crippen LogP contribution in [-0.2, 0) is 20.9 Å². The molecule has 2 fully saturated rings. The zero-order chi connectivity index (χ0) is 25.7. The summed E-state index contributed by atoms with van der Waals surface area (Å²) in [6, 6.07) is 14.1. The minimum Gasteiger partial charge on any atom is -0.493 e. The Kier molecular flexibility index (Phi) is 8.04. The number of likely N-dealkylation sites (tertiary alicyclic amines) is 1. The third kappa shape index (κ3) is 5.00. The third-order valence-electron chi connectivity index (χ3n) is 7.23. The number of methoxy groups -OCH3 is 1. The maximum Gasteiger partial charge on any atom is 0.325 e. The second-order valence-corrected chi connectivity index (χ2v) is 9.33. The van der Waals surface area contributed by atoms with Gasteiger partial charge in [-0.25, -0.2) is 0 Å². The fraction of sp³-hybridized carbons (Fsp3) is 0.500. The first-order valence-corrected chi connectivity index (χ1v) is 12.7. The summed E-state index contributed by atoms with van der Waals surface area (Å²) in [5.41, 5.74) is 2.47. The number of ether oxygens (including phenoxy) is 3. The van der Waals surface area contributed by atoms with Crippen molar-refractivity contribution in [3.8, 4) is 11.5 Å². The van der Waals surface area contributed by atoms with E-state index in [1.165, 1.54) is 7.11 Å². The number of nitrogens with zero attached hydrogens (tertiary/aromatic N) is 3. The molecule has 0 saturated carbocycles. The summed E-state index contributed by atoms with van der Waals surface area (Å²) in [6.45, 7) is 9.81. The molecule has 2 heterocycles. The molecule has 8 nitrogen and oxygen atoms in total. The molecule has 194 valence electrons. The van der Waals surface area contributed by atoms with E-state index in [0.29, 0.717) is 32.7 Å². The molecular formula is C28H37N3O5. The van der Waals surface area contributed by atoms with Crippen molar-refractivity contribution < 1.29 is 23.8 Å². The highest BCUT2D eigenvalue weighted by Crippen LogP contribution is 2.40. The lowest BCUT2D eigenvalue weighted by Gasteiger charge is -2.43. The SMILES string of the molecule is CCOc1ccc(CN2CCC3(CC2)C(=O)N(CC(=O)OC)CN3c2ccccc2)c(OCC)c1C. The van der Waals surface area contributed by atoms with Crippen molar-refractivity contribution >= 4 is 17.6 Å². The van der Waals surface area contributed by atoms with Crippen molar-refractivity contribution in [3.05, 3.63) is 53.6 Å². The molecule has 2 aromatic carbocycles. The molecule has 4 rings (SSSR count).